The summed E-state index contributed by atoms with van der Waals surface area (Å²) in [5, 5.41) is 8.70. The molecule has 0 unspecified atom stereocenters. The lowest BCUT2D eigenvalue weighted by Crippen LogP contribution is -2.40. The molecule has 0 saturated heterocycles. The number of benzene rings is 1. The van der Waals surface area contributed by atoms with Gasteiger partial charge in [-0.15, -0.1) is 0 Å². The van der Waals surface area contributed by atoms with Crippen LogP contribution in [0.1, 0.15) is 13.8 Å². The van der Waals surface area contributed by atoms with Crippen LogP contribution in [0.3, 0.4) is 0 Å². The van der Waals surface area contributed by atoms with Gasteiger partial charge in [0.1, 0.15) is 6.54 Å². The largest absolute Gasteiger partial charge is 0.480 e. The average Bonchev–Trinajstić information content (AvgIpc) is 2.28. The third kappa shape index (κ3) is 3.48. The van der Waals surface area contributed by atoms with Gasteiger partial charge in [0.25, 0.3) is 0 Å². The molecule has 0 aromatic heterocycles. The van der Waals surface area contributed by atoms with Crippen LogP contribution in [0, 0.1) is 11.6 Å². The summed E-state index contributed by atoms with van der Waals surface area (Å²) in [6.45, 7) is 2.22. The summed E-state index contributed by atoms with van der Waals surface area (Å²) in [6.07, 6.45) is 0. The molecule has 0 fully saturated rings. The van der Waals surface area contributed by atoms with Gasteiger partial charge in [-0.1, -0.05) is 0 Å². The second-order valence-electron chi connectivity index (χ2n) is 4.11. The van der Waals surface area contributed by atoms with Crippen molar-refractivity contribution in [1.29, 1.82) is 0 Å². The van der Waals surface area contributed by atoms with Gasteiger partial charge in [-0.05, 0) is 32.0 Å². The molecular formula is C11H13F2NO4S. The molecule has 1 N–H and O–H groups in total. The van der Waals surface area contributed by atoms with Gasteiger partial charge in [-0.2, -0.15) is 4.31 Å². The first kappa shape index (κ1) is 15.5. The summed E-state index contributed by atoms with van der Waals surface area (Å²) in [5.74, 6) is -3.81. The van der Waals surface area contributed by atoms with Crippen LogP contribution in [-0.2, 0) is 14.8 Å². The van der Waals surface area contributed by atoms with Crippen molar-refractivity contribution < 1.29 is 27.1 Å². The van der Waals surface area contributed by atoms with E-state index in [-0.39, 0.29) is 0 Å². The molecule has 0 amide bonds. The fourth-order valence-corrected chi connectivity index (χ4v) is 3.05. The Morgan fingerprint density at radius 3 is 2.32 bits per heavy atom. The second kappa shape index (κ2) is 5.62. The van der Waals surface area contributed by atoms with Crippen LogP contribution in [-0.4, -0.2) is 36.4 Å². The highest BCUT2D eigenvalue weighted by molar-refractivity contribution is 7.89. The lowest BCUT2D eigenvalue weighted by atomic mass is 10.3. The van der Waals surface area contributed by atoms with Gasteiger partial charge >= 0.3 is 5.97 Å². The summed E-state index contributed by atoms with van der Waals surface area (Å²) in [5.41, 5.74) is 0. The third-order valence-electron chi connectivity index (χ3n) is 2.36. The molecule has 19 heavy (non-hydrogen) atoms. The number of aliphatic carboxylic acids is 1. The Morgan fingerprint density at radius 2 is 1.89 bits per heavy atom. The van der Waals surface area contributed by atoms with E-state index in [2.05, 4.69) is 0 Å². The van der Waals surface area contributed by atoms with Gasteiger partial charge in [0.2, 0.25) is 10.0 Å². The molecule has 106 valence electrons. The van der Waals surface area contributed by atoms with Gasteiger partial charge in [-0.25, -0.2) is 17.2 Å². The lowest BCUT2D eigenvalue weighted by molar-refractivity contribution is -0.137. The maximum atomic E-state index is 13.1. The zero-order valence-electron chi connectivity index (χ0n) is 10.3. The molecule has 0 saturated carbocycles. The molecule has 1 rings (SSSR count). The molecule has 0 aliphatic heterocycles. The predicted octanol–water partition coefficient (Wildman–Crippen LogP) is 1.45. The zero-order chi connectivity index (χ0) is 14.8. The van der Waals surface area contributed by atoms with Gasteiger partial charge in [0.05, 0.1) is 4.90 Å². The minimum absolute atomic E-state index is 0.485. The summed E-state index contributed by atoms with van der Waals surface area (Å²) in [4.78, 5) is 10.2. The first-order valence-electron chi connectivity index (χ1n) is 5.35. The smallest absolute Gasteiger partial charge is 0.318 e. The molecule has 5 nitrogen and oxygen atoms in total. The van der Waals surface area contributed by atoms with Crippen molar-refractivity contribution in [2.45, 2.75) is 24.8 Å². The van der Waals surface area contributed by atoms with Crippen LogP contribution in [0.15, 0.2) is 23.1 Å². The van der Waals surface area contributed by atoms with Crippen LogP contribution >= 0.6 is 0 Å². The number of sulfonamides is 1. The minimum atomic E-state index is -4.19. The first-order valence-corrected chi connectivity index (χ1v) is 6.79. The summed E-state index contributed by atoms with van der Waals surface area (Å²) < 4.78 is 50.8. The van der Waals surface area contributed by atoms with Gasteiger partial charge in [-0.3, -0.25) is 4.79 Å². The normalized spacial score (nSPS) is 12.1. The number of carboxylic acids is 1. The zero-order valence-corrected chi connectivity index (χ0v) is 11.1. The molecule has 1 aromatic carbocycles. The topological polar surface area (TPSA) is 74.7 Å². The maximum Gasteiger partial charge on any atom is 0.318 e. The molecule has 0 bridgehead atoms. The van der Waals surface area contributed by atoms with Crippen molar-refractivity contribution in [1.82, 2.24) is 4.31 Å². The number of carboxylic acid groups (broad SMARTS) is 1. The van der Waals surface area contributed by atoms with E-state index in [0.717, 1.165) is 6.07 Å². The molecule has 0 aliphatic rings. The van der Waals surface area contributed by atoms with Crippen LogP contribution in [0.5, 0.6) is 0 Å². The van der Waals surface area contributed by atoms with E-state index in [9.17, 15) is 22.0 Å². The summed E-state index contributed by atoms with van der Waals surface area (Å²) in [6, 6.07) is 1.48. The predicted molar refractivity (Wildman–Crippen MR) is 63.0 cm³/mol. The molecule has 0 spiro atoms. The Kier molecular flexibility index (Phi) is 4.59. The highest BCUT2D eigenvalue weighted by Gasteiger charge is 2.29. The van der Waals surface area contributed by atoms with Gasteiger partial charge < -0.3 is 5.11 Å². The average molecular weight is 293 g/mol. The number of rotatable bonds is 5. The maximum absolute atomic E-state index is 13.1. The number of nitrogens with zero attached hydrogens (tertiary/aromatic N) is 1. The lowest BCUT2D eigenvalue weighted by Gasteiger charge is -2.24. The van der Waals surface area contributed by atoms with Gasteiger partial charge in [0.15, 0.2) is 11.6 Å². The third-order valence-corrected chi connectivity index (χ3v) is 4.38. The van der Waals surface area contributed by atoms with E-state index >= 15 is 0 Å². The molecule has 0 atom stereocenters. The second-order valence-corrected chi connectivity index (χ2v) is 6.00. The van der Waals surface area contributed by atoms with E-state index in [1.54, 1.807) is 0 Å². The minimum Gasteiger partial charge on any atom is -0.480 e. The van der Waals surface area contributed by atoms with Crippen molar-refractivity contribution in [2.75, 3.05) is 6.54 Å². The molecule has 1 aromatic rings. The van der Waals surface area contributed by atoms with E-state index in [0.29, 0.717) is 16.4 Å². The Bertz CT molecular complexity index is 586. The van der Waals surface area contributed by atoms with E-state index in [4.69, 9.17) is 5.11 Å². The van der Waals surface area contributed by atoms with E-state index < -0.39 is 45.1 Å². The van der Waals surface area contributed by atoms with Crippen molar-refractivity contribution in [3.8, 4) is 0 Å². The van der Waals surface area contributed by atoms with Crippen molar-refractivity contribution in [3.63, 3.8) is 0 Å². The monoisotopic (exact) mass is 293 g/mol. The number of hydrogen-bond donors (Lipinski definition) is 1. The quantitative estimate of drug-likeness (QED) is 0.891. The number of halogens is 2. The Labute approximate surface area is 109 Å². The van der Waals surface area contributed by atoms with Crippen molar-refractivity contribution >= 4 is 16.0 Å². The van der Waals surface area contributed by atoms with Crippen LogP contribution < -0.4 is 0 Å². The van der Waals surface area contributed by atoms with Crippen LogP contribution in [0.25, 0.3) is 0 Å². The number of carbonyl (C=O) groups is 1. The van der Waals surface area contributed by atoms with E-state index in [1.807, 2.05) is 0 Å². The van der Waals surface area contributed by atoms with E-state index in [1.165, 1.54) is 13.8 Å². The molecule has 8 heteroatoms. The summed E-state index contributed by atoms with van der Waals surface area (Å²) in [7, 11) is -4.19. The Balaban J connectivity index is 3.26. The number of hydrogen-bond acceptors (Lipinski definition) is 3. The molecule has 0 aliphatic carbocycles. The molecule has 0 radical (unpaired) electrons. The van der Waals surface area contributed by atoms with Gasteiger partial charge in [0, 0.05) is 6.04 Å². The molecule has 0 heterocycles. The first-order chi connectivity index (χ1) is 8.66. The Hall–Kier alpha value is -1.54. The SMILES string of the molecule is CC(C)N(CC(=O)O)S(=O)(=O)c1ccc(F)c(F)c1. The fraction of sp³-hybridized carbons (Fsp3) is 0.364. The molecular weight excluding hydrogens is 280 g/mol. The standard InChI is InChI=1S/C11H13F2NO4S/c1-7(2)14(6-11(15)16)19(17,18)8-3-4-9(12)10(13)5-8/h3-5,7H,6H2,1-2H3,(H,15,16). The van der Waals surface area contributed by atoms with Crippen molar-refractivity contribution in [2.24, 2.45) is 0 Å². The van der Waals surface area contributed by atoms with Crippen LogP contribution in [0.2, 0.25) is 0 Å². The fourth-order valence-electron chi connectivity index (χ4n) is 1.45. The highest BCUT2D eigenvalue weighted by Crippen LogP contribution is 2.20. The Morgan fingerprint density at radius 1 is 1.32 bits per heavy atom. The highest BCUT2D eigenvalue weighted by atomic mass is 32.2. The van der Waals surface area contributed by atoms with Crippen molar-refractivity contribution in [3.05, 3.63) is 29.8 Å². The van der Waals surface area contributed by atoms with Crippen LogP contribution in [0.4, 0.5) is 8.78 Å². The summed E-state index contributed by atoms with van der Waals surface area (Å²) >= 11 is 0.